The Morgan fingerprint density at radius 1 is 1.04 bits per heavy atom. The van der Waals surface area contributed by atoms with Gasteiger partial charge in [-0.2, -0.15) is 0 Å². The smallest absolute Gasteiger partial charge is 0.335 e. The van der Waals surface area contributed by atoms with E-state index in [9.17, 15) is 9.90 Å². The van der Waals surface area contributed by atoms with Gasteiger partial charge in [-0.3, -0.25) is 9.88 Å². The van der Waals surface area contributed by atoms with Gasteiger partial charge in [0, 0.05) is 57.2 Å². The number of halogens is 2. The maximum atomic E-state index is 11.9. The van der Waals surface area contributed by atoms with E-state index in [1.54, 1.807) is 24.5 Å². The molecule has 3 aromatic heterocycles. The number of aromatic carboxylic acids is 1. The number of nitrogens with zero attached hydrogens (tertiary/aromatic N) is 7. The maximum absolute atomic E-state index is 11.9. The van der Waals surface area contributed by atoms with Gasteiger partial charge >= 0.3 is 5.97 Å². The van der Waals surface area contributed by atoms with Crippen molar-refractivity contribution < 1.29 is 19.4 Å². The van der Waals surface area contributed by atoms with Gasteiger partial charge < -0.3 is 28.6 Å². The van der Waals surface area contributed by atoms with Crippen molar-refractivity contribution in [2.45, 2.75) is 64.2 Å². The summed E-state index contributed by atoms with van der Waals surface area (Å²) in [7, 11) is 0. The third-order valence-electron chi connectivity index (χ3n) is 9.68. The van der Waals surface area contributed by atoms with Gasteiger partial charge in [0.05, 0.1) is 39.9 Å². The van der Waals surface area contributed by atoms with Gasteiger partial charge in [0.15, 0.2) is 11.5 Å². The lowest BCUT2D eigenvalue weighted by atomic mass is 9.81. The summed E-state index contributed by atoms with van der Waals surface area (Å²) in [6, 6.07) is 13.4. The van der Waals surface area contributed by atoms with E-state index in [1.165, 1.54) is 6.07 Å². The molecular formula is C34H33Cl2N7O4. The van der Waals surface area contributed by atoms with E-state index in [0.717, 1.165) is 55.6 Å². The number of pyridine rings is 1. The summed E-state index contributed by atoms with van der Waals surface area (Å²) in [4.78, 5) is 30.9. The average Bonchev–Trinajstić information content (AvgIpc) is 3.74. The fraction of sp³-hybridized carbons (Fsp3) is 0.353. The van der Waals surface area contributed by atoms with E-state index in [1.807, 2.05) is 31.3 Å². The number of para-hydroxylation sites is 1. The summed E-state index contributed by atoms with van der Waals surface area (Å²) in [5.74, 6) is 1.03. The van der Waals surface area contributed by atoms with Crippen molar-refractivity contribution >= 4 is 45.9 Å². The maximum Gasteiger partial charge on any atom is 0.335 e. The number of fused-ring (bicyclic) bond motifs is 3. The number of rotatable bonds is 8. The number of imidazole rings is 2. The molecule has 2 fully saturated rings. The summed E-state index contributed by atoms with van der Waals surface area (Å²) in [6.07, 6.45) is 7.45. The molecule has 2 aromatic carbocycles. The predicted octanol–water partition coefficient (Wildman–Crippen LogP) is 6.20. The zero-order valence-electron chi connectivity index (χ0n) is 25.9. The van der Waals surface area contributed by atoms with E-state index < -0.39 is 11.8 Å². The summed E-state index contributed by atoms with van der Waals surface area (Å²) in [5.41, 5.74) is 3.08. The van der Waals surface area contributed by atoms with Crippen molar-refractivity contribution in [1.82, 2.24) is 29.0 Å². The van der Waals surface area contributed by atoms with Crippen molar-refractivity contribution in [1.29, 1.82) is 0 Å². The SMILES string of the molecule is CCn1ccnc1Cn1c(CN2CCN(c3cccc4c3O[C@](C)(c3ccc(Cl)cn3)O4)[C@@H]3CC[C@H]32)nc2c(Cl)cc(C(=O)O)cc21. The van der Waals surface area contributed by atoms with E-state index in [0.29, 0.717) is 57.7 Å². The number of hydrogen-bond acceptors (Lipinski definition) is 8. The quantitative estimate of drug-likeness (QED) is 0.206. The molecule has 1 N–H and O–H groups in total. The van der Waals surface area contributed by atoms with Gasteiger partial charge in [-0.25, -0.2) is 14.8 Å². The van der Waals surface area contributed by atoms with E-state index in [4.69, 9.17) is 37.7 Å². The summed E-state index contributed by atoms with van der Waals surface area (Å²) in [6.45, 7) is 7.38. The largest absolute Gasteiger partial charge is 0.478 e. The molecule has 0 unspecified atom stereocenters. The van der Waals surface area contributed by atoms with Crippen LogP contribution in [0, 0.1) is 0 Å². The number of anilines is 1. The van der Waals surface area contributed by atoms with Crippen molar-refractivity contribution in [3.05, 3.63) is 94.0 Å². The van der Waals surface area contributed by atoms with E-state index in [-0.39, 0.29) is 5.56 Å². The number of carboxylic acids is 1. The highest BCUT2D eigenvalue weighted by Gasteiger charge is 2.47. The molecule has 242 valence electrons. The number of carbonyl (C=O) groups is 1. The molecule has 5 heterocycles. The minimum absolute atomic E-state index is 0.131. The van der Waals surface area contributed by atoms with Crippen molar-refractivity contribution in [2.75, 3.05) is 18.0 Å². The molecule has 3 aliphatic rings. The lowest BCUT2D eigenvalue weighted by Gasteiger charge is -2.54. The van der Waals surface area contributed by atoms with Crippen molar-refractivity contribution in [2.24, 2.45) is 0 Å². The number of aryl methyl sites for hydroxylation is 1. The second kappa shape index (κ2) is 11.4. The van der Waals surface area contributed by atoms with Crippen LogP contribution in [0.5, 0.6) is 11.5 Å². The van der Waals surface area contributed by atoms with Gasteiger partial charge in [-0.1, -0.05) is 29.3 Å². The normalized spacial score (nSPS) is 22.0. The van der Waals surface area contributed by atoms with Crippen molar-refractivity contribution in [3.63, 3.8) is 0 Å². The fourth-order valence-electron chi connectivity index (χ4n) is 7.16. The lowest BCUT2D eigenvalue weighted by molar-refractivity contribution is -0.0717. The molecule has 1 saturated carbocycles. The highest BCUT2D eigenvalue weighted by Crippen LogP contribution is 2.51. The molecule has 13 heteroatoms. The Balaban J connectivity index is 1.08. The third kappa shape index (κ3) is 5.08. The second-order valence-electron chi connectivity index (χ2n) is 12.4. The Morgan fingerprint density at radius 2 is 1.89 bits per heavy atom. The summed E-state index contributed by atoms with van der Waals surface area (Å²) >= 11 is 12.7. The Labute approximate surface area is 281 Å². The molecule has 11 nitrogen and oxygen atoms in total. The van der Waals surface area contributed by atoms with E-state index >= 15 is 0 Å². The third-order valence-corrected chi connectivity index (χ3v) is 10.2. The topological polar surface area (TPSA) is 111 Å². The molecule has 5 aromatic rings. The monoisotopic (exact) mass is 673 g/mol. The zero-order chi connectivity index (χ0) is 32.4. The average molecular weight is 675 g/mol. The number of carboxylic acid groups (broad SMARTS) is 1. The number of piperazine rings is 1. The van der Waals surface area contributed by atoms with Gasteiger partial charge in [0.1, 0.15) is 22.9 Å². The van der Waals surface area contributed by atoms with Crippen LogP contribution in [-0.2, 0) is 25.4 Å². The first kappa shape index (κ1) is 30.0. The Bertz CT molecular complexity index is 2010. The standard InChI is InChI=1S/C34H33Cl2N7O4/c1-3-40-12-11-37-29(40)19-43-26-16-20(33(44)45)15-22(36)31(26)39-30(43)18-41-13-14-42(24-9-8-23(24)41)25-5-4-6-27-32(25)47-34(2,46-27)28-10-7-21(35)17-38-28/h4-7,10-12,15-17,23-24H,3,8-9,13-14,18-19H2,1-2H3,(H,44,45)/t23-,24-,34-/m1/s1. The minimum atomic E-state index is -1.06. The molecule has 2 aliphatic heterocycles. The Kier molecular flexibility index (Phi) is 7.31. The second-order valence-corrected chi connectivity index (χ2v) is 13.2. The molecule has 47 heavy (non-hydrogen) atoms. The van der Waals surface area contributed by atoms with Gasteiger partial charge in [0.2, 0.25) is 0 Å². The highest BCUT2D eigenvalue weighted by atomic mass is 35.5. The molecule has 3 atom stereocenters. The van der Waals surface area contributed by atoms with Crippen LogP contribution in [-0.4, -0.2) is 65.2 Å². The van der Waals surface area contributed by atoms with Crippen LogP contribution in [0.15, 0.2) is 61.1 Å². The Morgan fingerprint density at radius 3 is 2.64 bits per heavy atom. The highest BCUT2D eigenvalue weighted by molar-refractivity contribution is 6.35. The van der Waals surface area contributed by atoms with Gasteiger partial charge in [-0.05, 0) is 56.2 Å². The van der Waals surface area contributed by atoms with Crippen LogP contribution >= 0.6 is 23.2 Å². The number of ether oxygens (including phenoxy) is 2. The van der Waals surface area contributed by atoms with E-state index in [2.05, 4.69) is 41.9 Å². The van der Waals surface area contributed by atoms with Gasteiger partial charge in [0.25, 0.3) is 5.79 Å². The summed E-state index contributed by atoms with van der Waals surface area (Å²) in [5, 5.41) is 10.6. The predicted molar refractivity (Wildman–Crippen MR) is 178 cm³/mol. The number of benzene rings is 2. The molecular weight excluding hydrogens is 641 g/mol. The molecule has 8 rings (SSSR count). The van der Waals surface area contributed by atoms with Crippen LogP contribution < -0.4 is 14.4 Å². The zero-order valence-corrected chi connectivity index (χ0v) is 27.4. The minimum Gasteiger partial charge on any atom is -0.478 e. The van der Waals surface area contributed by atoms with Crippen LogP contribution in [0.2, 0.25) is 10.0 Å². The molecule has 0 amide bonds. The first-order valence-corrected chi connectivity index (χ1v) is 16.5. The molecule has 0 bridgehead atoms. The molecule has 1 aliphatic carbocycles. The van der Waals surface area contributed by atoms with Crippen LogP contribution in [0.3, 0.4) is 0 Å². The lowest BCUT2D eigenvalue weighted by Crippen LogP contribution is -2.64. The van der Waals surface area contributed by atoms with Crippen LogP contribution in [0.25, 0.3) is 11.0 Å². The molecule has 0 spiro atoms. The fourth-order valence-corrected chi connectivity index (χ4v) is 7.53. The number of hydrogen-bond donors (Lipinski definition) is 1. The first-order valence-electron chi connectivity index (χ1n) is 15.8. The van der Waals surface area contributed by atoms with Gasteiger partial charge in [-0.15, -0.1) is 0 Å². The number of aromatic nitrogens is 5. The molecule has 1 saturated heterocycles. The van der Waals surface area contributed by atoms with Crippen molar-refractivity contribution in [3.8, 4) is 11.5 Å². The van der Waals surface area contributed by atoms with Crippen LogP contribution in [0.4, 0.5) is 5.69 Å². The Hall–Kier alpha value is -4.32. The van der Waals surface area contributed by atoms with Crippen LogP contribution in [0.1, 0.15) is 54.4 Å². The molecule has 0 radical (unpaired) electrons. The summed E-state index contributed by atoms with van der Waals surface area (Å²) < 4.78 is 17.0. The first-order chi connectivity index (χ1) is 22.7.